The second-order valence-electron chi connectivity index (χ2n) is 4.78. The lowest BCUT2D eigenvalue weighted by Crippen LogP contribution is -2.45. The highest BCUT2D eigenvalue weighted by Gasteiger charge is 2.24. The fourth-order valence-corrected chi connectivity index (χ4v) is 1.58. The highest BCUT2D eigenvalue weighted by Crippen LogP contribution is 2.13. The molecule has 7 nitrogen and oxygen atoms in total. The van der Waals surface area contributed by atoms with Crippen LogP contribution in [0, 0.1) is 0 Å². The van der Waals surface area contributed by atoms with Gasteiger partial charge in [-0.25, -0.2) is 9.59 Å². The van der Waals surface area contributed by atoms with Gasteiger partial charge in [0.1, 0.15) is 6.54 Å². The van der Waals surface area contributed by atoms with Gasteiger partial charge in [-0.1, -0.05) is 30.3 Å². The molecule has 0 aliphatic heterocycles. The Bertz CT molecular complexity index is 516. The van der Waals surface area contributed by atoms with Crippen LogP contribution in [0.5, 0.6) is 0 Å². The summed E-state index contributed by atoms with van der Waals surface area (Å²) >= 11 is 0. The Morgan fingerprint density at radius 2 is 1.71 bits per heavy atom. The summed E-state index contributed by atoms with van der Waals surface area (Å²) < 4.78 is 0. The van der Waals surface area contributed by atoms with Crippen molar-refractivity contribution in [1.29, 1.82) is 0 Å². The number of carboxylic acids is 1. The molecule has 1 aromatic rings. The number of rotatable bonds is 5. The monoisotopic (exact) mass is 293 g/mol. The average Bonchev–Trinajstić information content (AvgIpc) is 2.44. The zero-order valence-electron chi connectivity index (χ0n) is 12.2. The Balaban J connectivity index is 2.74. The Morgan fingerprint density at radius 1 is 1.14 bits per heavy atom. The molecule has 0 saturated heterocycles. The molecule has 3 amide bonds. The molecule has 0 radical (unpaired) electrons. The lowest BCUT2D eigenvalue weighted by Gasteiger charge is -2.22. The number of aliphatic carboxylic acids is 1. The largest absolute Gasteiger partial charge is 0.479 e. The predicted molar refractivity (Wildman–Crippen MR) is 76.7 cm³/mol. The summed E-state index contributed by atoms with van der Waals surface area (Å²) in [7, 11) is 4.59. The summed E-state index contributed by atoms with van der Waals surface area (Å²) in [5.41, 5.74) is 0.464. The minimum Gasteiger partial charge on any atom is -0.479 e. The quantitative estimate of drug-likeness (QED) is 0.829. The second-order valence-corrected chi connectivity index (χ2v) is 4.78. The van der Waals surface area contributed by atoms with Crippen LogP contribution >= 0.6 is 0 Å². The summed E-state index contributed by atoms with van der Waals surface area (Å²) in [6.45, 7) is -0.125. The van der Waals surface area contributed by atoms with E-state index in [2.05, 4.69) is 5.32 Å². The smallest absolute Gasteiger partial charge is 0.330 e. The highest BCUT2D eigenvalue weighted by atomic mass is 16.4. The molecule has 0 heterocycles. The predicted octanol–water partition coefficient (Wildman–Crippen LogP) is 0.542. The van der Waals surface area contributed by atoms with Gasteiger partial charge in [0.2, 0.25) is 5.91 Å². The van der Waals surface area contributed by atoms with Crippen LogP contribution in [-0.2, 0) is 9.59 Å². The van der Waals surface area contributed by atoms with Crippen LogP contribution in [0.3, 0.4) is 0 Å². The number of carbonyl (C=O) groups is 3. The number of hydrogen-bond acceptors (Lipinski definition) is 3. The first-order valence-electron chi connectivity index (χ1n) is 6.32. The molecule has 2 N–H and O–H groups in total. The third kappa shape index (κ3) is 4.79. The number of nitrogens with one attached hydrogen (secondary N) is 1. The normalized spacial score (nSPS) is 11.4. The maximum atomic E-state index is 12.0. The molecule has 0 aromatic heterocycles. The summed E-state index contributed by atoms with van der Waals surface area (Å²) in [6.07, 6.45) is 0. The van der Waals surface area contributed by atoms with Crippen LogP contribution in [0.25, 0.3) is 0 Å². The number of nitrogens with zero attached hydrogens (tertiary/aromatic N) is 2. The molecule has 114 valence electrons. The van der Waals surface area contributed by atoms with Crippen molar-refractivity contribution in [2.24, 2.45) is 0 Å². The van der Waals surface area contributed by atoms with Gasteiger partial charge >= 0.3 is 12.0 Å². The van der Waals surface area contributed by atoms with E-state index >= 15 is 0 Å². The van der Waals surface area contributed by atoms with E-state index in [9.17, 15) is 19.5 Å². The number of hydrogen-bond donors (Lipinski definition) is 2. The van der Waals surface area contributed by atoms with Gasteiger partial charge in [0.05, 0.1) is 0 Å². The topological polar surface area (TPSA) is 90.0 Å². The van der Waals surface area contributed by atoms with Crippen molar-refractivity contribution in [3.63, 3.8) is 0 Å². The van der Waals surface area contributed by atoms with Crippen LogP contribution in [-0.4, -0.2) is 60.5 Å². The average molecular weight is 293 g/mol. The molecular formula is C14H19N3O4. The number of carbonyl (C=O) groups excluding carboxylic acids is 2. The Kier molecular flexibility index (Phi) is 5.71. The Morgan fingerprint density at radius 3 is 2.19 bits per heavy atom. The minimum absolute atomic E-state index is 0.125. The molecule has 0 unspecified atom stereocenters. The lowest BCUT2D eigenvalue weighted by molar-refractivity contribution is -0.139. The molecule has 1 rings (SSSR count). The van der Waals surface area contributed by atoms with Gasteiger partial charge in [-0.2, -0.15) is 0 Å². The van der Waals surface area contributed by atoms with Crippen LogP contribution in [0.2, 0.25) is 0 Å². The van der Waals surface area contributed by atoms with Gasteiger partial charge < -0.3 is 20.2 Å². The van der Waals surface area contributed by atoms with Crippen molar-refractivity contribution < 1.29 is 19.5 Å². The zero-order chi connectivity index (χ0) is 16.0. The van der Waals surface area contributed by atoms with Crippen molar-refractivity contribution in [3.8, 4) is 0 Å². The van der Waals surface area contributed by atoms with E-state index in [0.29, 0.717) is 5.56 Å². The van der Waals surface area contributed by atoms with E-state index < -0.39 is 18.0 Å². The number of carboxylic acid groups (broad SMARTS) is 1. The zero-order valence-corrected chi connectivity index (χ0v) is 12.2. The van der Waals surface area contributed by atoms with E-state index in [4.69, 9.17) is 0 Å². The van der Waals surface area contributed by atoms with Crippen LogP contribution in [0.4, 0.5) is 4.79 Å². The standard InChI is InChI=1S/C14H19N3O4/c1-16(2)11(18)9-17(3)14(21)15-12(13(19)20)10-7-5-4-6-8-10/h4-8,12H,9H2,1-3H3,(H,15,21)(H,19,20)/t12-/m1/s1. The van der Waals surface area contributed by atoms with Gasteiger partial charge in [0.25, 0.3) is 0 Å². The van der Waals surface area contributed by atoms with E-state index in [-0.39, 0.29) is 12.5 Å². The molecule has 1 atom stereocenters. The Labute approximate surface area is 123 Å². The number of likely N-dealkylation sites (N-methyl/N-ethyl adjacent to an activating group) is 2. The van der Waals surface area contributed by atoms with Crippen molar-refractivity contribution in [1.82, 2.24) is 15.1 Å². The first-order valence-corrected chi connectivity index (χ1v) is 6.32. The summed E-state index contributed by atoms with van der Waals surface area (Å²) in [4.78, 5) is 37.3. The third-order valence-corrected chi connectivity index (χ3v) is 2.87. The summed E-state index contributed by atoms with van der Waals surface area (Å²) in [5, 5.41) is 11.6. The Hall–Kier alpha value is -2.57. The van der Waals surface area contributed by atoms with Gasteiger partial charge in [0.15, 0.2) is 6.04 Å². The molecule has 0 aliphatic rings. The molecular weight excluding hydrogens is 274 g/mol. The first-order chi connectivity index (χ1) is 9.82. The van der Waals surface area contributed by atoms with Gasteiger partial charge in [0, 0.05) is 21.1 Å². The molecule has 0 saturated carbocycles. The number of urea groups is 1. The van der Waals surface area contributed by atoms with Crippen molar-refractivity contribution in [2.75, 3.05) is 27.7 Å². The molecule has 7 heteroatoms. The van der Waals surface area contributed by atoms with Crippen LogP contribution in [0.1, 0.15) is 11.6 Å². The maximum Gasteiger partial charge on any atom is 0.330 e. The highest BCUT2D eigenvalue weighted by molar-refractivity contribution is 5.86. The van der Waals surface area contributed by atoms with E-state index in [1.165, 1.54) is 11.9 Å². The summed E-state index contributed by atoms with van der Waals surface area (Å²) in [6, 6.07) is 6.59. The first kappa shape index (κ1) is 16.5. The molecule has 0 fully saturated rings. The van der Waals surface area contributed by atoms with Gasteiger partial charge in [-0.15, -0.1) is 0 Å². The number of amides is 3. The lowest BCUT2D eigenvalue weighted by atomic mass is 10.1. The molecule has 0 spiro atoms. The van der Waals surface area contributed by atoms with E-state index in [1.54, 1.807) is 44.4 Å². The summed E-state index contributed by atoms with van der Waals surface area (Å²) in [5.74, 6) is -1.42. The molecule has 0 aliphatic carbocycles. The van der Waals surface area contributed by atoms with Gasteiger partial charge in [-0.3, -0.25) is 4.79 Å². The second kappa shape index (κ2) is 7.28. The fraction of sp³-hybridized carbons (Fsp3) is 0.357. The molecule has 0 bridgehead atoms. The van der Waals surface area contributed by atoms with Gasteiger partial charge in [-0.05, 0) is 5.56 Å². The maximum absolute atomic E-state index is 12.0. The van der Waals surface area contributed by atoms with Crippen molar-refractivity contribution >= 4 is 17.9 Å². The third-order valence-electron chi connectivity index (χ3n) is 2.87. The number of benzene rings is 1. The minimum atomic E-state index is -1.16. The fourth-order valence-electron chi connectivity index (χ4n) is 1.58. The molecule has 21 heavy (non-hydrogen) atoms. The van der Waals surface area contributed by atoms with Crippen molar-refractivity contribution in [3.05, 3.63) is 35.9 Å². The van der Waals surface area contributed by atoms with Crippen molar-refractivity contribution in [2.45, 2.75) is 6.04 Å². The van der Waals surface area contributed by atoms with Crippen LogP contribution in [0.15, 0.2) is 30.3 Å². The van der Waals surface area contributed by atoms with Crippen LogP contribution < -0.4 is 5.32 Å². The van der Waals surface area contributed by atoms with E-state index in [0.717, 1.165) is 4.90 Å². The van der Waals surface area contributed by atoms with E-state index in [1.807, 2.05) is 0 Å². The SMILES string of the molecule is CN(C)C(=O)CN(C)C(=O)N[C@@H](C(=O)O)c1ccccc1. The molecule has 1 aromatic carbocycles.